The standard InChI is InChI=1S/C19H23N3O3/c23-17(21-10-9-19(25)8-4-3-6-15(19)12-21)13-22-18(24)16-7-2-1-5-14(16)11-20-22/h1-2,5,7,11,15,25H,3-4,6,8-10,12-13H2/t15-,19+/m1/s1. The van der Waals surface area contributed by atoms with Gasteiger partial charge in [-0.2, -0.15) is 5.10 Å². The van der Waals surface area contributed by atoms with Crippen LogP contribution in [-0.2, 0) is 11.3 Å². The van der Waals surface area contributed by atoms with Gasteiger partial charge in [0.2, 0.25) is 5.91 Å². The van der Waals surface area contributed by atoms with E-state index in [2.05, 4.69) is 5.10 Å². The molecule has 1 amide bonds. The number of nitrogens with zero attached hydrogens (tertiary/aromatic N) is 3. The largest absolute Gasteiger partial charge is 0.389 e. The summed E-state index contributed by atoms with van der Waals surface area (Å²) >= 11 is 0. The molecule has 1 saturated heterocycles. The number of carbonyl (C=O) groups is 1. The van der Waals surface area contributed by atoms with Crippen molar-refractivity contribution in [2.75, 3.05) is 13.1 Å². The van der Waals surface area contributed by atoms with Crippen molar-refractivity contribution in [3.63, 3.8) is 0 Å². The number of carbonyl (C=O) groups excluding carboxylic acids is 1. The van der Waals surface area contributed by atoms with Crippen LogP contribution in [0.5, 0.6) is 0 Å². The molecule has 0 unspecified atom stereocenters. The molecule has 1 saturated carbocycles. The maximum absolute atomic E-state index is 12.7. The summed E-state index contributed by atoms with van der Waals surface area (Å²) in [7, 11) is 0. The zero-order chi connectivity index (χ0) is 17.4. The molecule has 2 fully saturated rings. The molecule has 6 nitrogen and oxygen atoms in total. The number of hydrogen-bond donors (Lipinski definition) is 1. The first-order chi connectivity index (χ1) is 12.1. The van der Waals surface area contributed by atoms with E-state index in [0.717, 1.165) is 31.1 Å². The van der Waals surface area contributed by atoms with Crippen LogP contribution in [0.4, 0.5) is 0 Å². The predicted octanol–water partition coefficient (Wildman–Crippen LogP) is 1.55. The lowest BCUT2D eigenvalue weighted by atomic mass is 9.71. The Hall–Kier alpha value is -2.21. The fourth-order valence-electron chi connectivity index (χ4n) is 4.27. The van der Waals surface area contributed by atoms with Crippen LogP contribution >= 0.6 is 0 Å². The summed E-state index contributed by atoms with van der Waals surface area (Å²) in [6, 6.07) is 7.26. The lowest BCUT2D eigenvalue weighted by molar-refractivity contribution is -0.144. The highest BCUT2D eigenvalue weighted by Gasteiger charge is 2.43. The third-order valence-electron chi connectivity index (χ3n) is 5.83. The van der Waals surface area contributed by atoms with Crippen molar-refractivity contribution < 1.29 is 9.90 Å². The lowest BCUT2D eigenvalue weighted by Crippen LogP contribution is -2.55. The van der Waals surface area contributed by atoms with Crippen LogP contribution in [0.25, 0.3) is 10.8 Å². The maximum atomic E-state index is 12.7. The highest BCUT2D eigenvalue weighted by molar-refractivity contribution is 5.81. The summed E-state index contributed by atoms with van der Waals surface area (Å²) in [6.07, 6.45) is 6.24. The molecule has 0 bridgehead atoms. The van der Waals surface area contributed by atoms with Gasteiger partial charge in [-0.25, -0.2) is 4.68 Å². The van der Waals surface area contributed by atoms with Gasteiger partial charge in [-0.3, -0.25) is 9.59 Å². The van der Waals surface area contributed by atoms with E-state index >= 15 is 0 Å². The molecule has 1 aromatic heterocycles. The quantitative estimate of drug-likeness (QED) is 0.899. The fourth-order valence-corrected chi connectivity index (χ4v) is 4.27. The van der Waals surface area contributed by atoms with Gasteiger partial charge in [0.05, 0.1) is 17.2 Å². The minimum atomic E-state index is -0.604. The van der Waals surface area contributed by atoms with Gasteiger partial charge < -0.3 is 10.0 Å². The number of aliphatic hydroxyl groups is 1. The van der Waals surface area contributed by atoms with Gasteiger partial charge in [-0.15, -0.1) is 0 Å². The number of piperidine rings is 1. The van der Waals surface area contributed by atoms with Gasteiger partial charge in [0.25, 0.3) is 5.56 Å². The van der Waals surface area contributed by atoms with Crippen molar-refractivity contribution in [2.45, 2.75) is 44.2 Å². The van der Waals surface area contributed by atoms with E-state index in [9.17, 15) is 14.7 Å². The molecule has 0 radical (unpaired) electrons. The second kappa shape index (κ2) is 6.26. The number of likely N-dealkylation sites (tertiary alicyclic amines) is 1. The number of benzene rings is 1. The van der Waals surface area contributed by atoms with Crippen LogP contribution in [0.15, 0.2) is 35.3 Å². The van der Waals surface area contributed by atoms with E-state index in [1.165, 1.54) is 4.68 Å². The Morgan fingerprint density at radius 2 is 2.12 bits per heavy atom. The van der Waals surface area contributed by atoms with E-state index in [4.69, 9.17) is 0 Å². The number of hydrogen-bond acceptors (Lipinski definition) is 4. The molecule has 132 valence electrons. The highest BCUT2D eigenvalue weighted by atomic mass is 16.3. The number of rotatable bonds is 2. The first-order valence-electron chi connectivity index (χ1n) is 9.02. The molecule has 25 heavy (non-hydrogen) atoms. The first kappa shape index (κ1) is 16.3. The zero-order valence-corrected chi connectivity index (χ0v) is 14.2. The average molecular weight is 341 g/mol. The second-order valence-corrected chi connectivity index (χ2v) is 7.33. The average Bonchev–Trinajstić information content (AvgIpc) is 2.63. The minimum absolute atomic E-state index is 0.0468. The summed E-state index contributed by atoms with van der Waals surface area (Å²) in [6.45, 7) is 1.08. The van der Waals surface area contributed by atoms with Crippen molar-refractivity contribution in [1.29, 1.82) is 0 Å². The van der Waals surface area contributed by atoms with Crippen LogP contribution in [-0.4, -0.2) is 44.4 Å². The van der Waals surface area contributed by atoms with E-state index in [1.54, 1.807) is 17.2 Å². The van der Waals surface area contributed by atoms with Crippen LogP contribution in [0.1, 0.15) is 32.1 Å². The van der Waals surface area contributed by atoms with Gasteiger partial charge in [0, 0.05) is 24.4 Å². The normalized spacial score (nSPS) is 26.4. The van der Waals surface area contributed by atoms with Gasteiger partial charge in [-0.05, 0) is 25.3 Å². The fraction of sp³-hybridized carbons (Fsp3) is 0.526. The van der Waals surface area contributed by atoms with E-state index in [0.29, 0.717) is 24.9 Å². The number of aromatic nitrogens is 2. The van der Waals surface area contributed by atoms with Crippen molar-refractivity contribution in [2.24, 2.45) is 5.92 Å². The molecule has 1 aliphatic carbocycles. The summed E-state index contributed by atoms with van der Waals surface area (Å²) in [5.74, 6) is 0.0535. The SMILES string of the molecule is O=C(Cn1ncc2ccccc2c1=O)N1CC[C@@]2(O)CCCC[C@@H]2C1. The Morgan fingerprint density at radius 3 is 3.00 bits per heavy atom. The van der Waals surface area contributed by atoms with Gasteiger partial charge in [0.15, 0.2) is 0 Å². The van der Waals surface area contributed by atoms with Gasteiger partial charge in [0.1, 0.15) is 6.54 Å². The molecular formula is C19H23N3O3. The van der Waals surface area contributed by atoms with E-state index < -0.39 is 5.60 Å². The van der Waals surface area contributed by atoms with Crippen LogP contribution in [0, 0.1) is 5.92 Å². The molecule has 1 N–H and O–H groups in total. The summed E-state index contributed by atoms with van der Waals surface area (Å²) in [5.41, 5.74) is -0.842. The maximum Gasteiger partial charge on any atom is 0.275 e. The molecule has 0 spiro atoms. The number of amides is 1. The van der Waals surface area contributed by atoms with E-state index in [1.807, 2.05) is 18.2 Å². The predicted molar refractivity (Wildman–Crippen MR) is 94.1 cm³/mol. The Morgan fingerprint density at radius 1 is 1.28 bits per heavy atom. The molecule has 2 aliphatic rings. The van der Waals surface area contributed by atoms with Crippen molar-refractivity contribution >= 4 is 16.7 Å². The molecule has 1 aliphatic heterocycles. The molecule has 1 aromatic carbocycles. The van der Waals surface area contributed by atoms with Crippen molar-refractivity contribution in [1.82, 2.24) is 14.7 Å². The Bertz CT molecular complexity index is 862. The van der Waals surface area contributed by atoms with Crippen molar-refractivity contribution in [3.05, 3.63) is 40.8 Å². The van der Waals surface area contributed by atoms with Crippen LogP contribution in [0.2, 0.25) is 0 Å². The molecule has 6 heteroatoms. The number of fused-ring (bicyclic) bond motifs is 2. The molecule has 4 rings (SSSR count). The first-order valence-corrected chi connectivity index (χ1v) is 9.02. The topological polar surface area (TPSA) is 75.4 Å². The Labute approximate surface area is 146 Å². The Kier molecular flexibility index (Phi) is 4.07. The Balaban J connectivity index is 1.51. The zero-order valence-electron chi connectivity index (χ0n) is 14.2. The van der Waals surface area contributed by atoms with Crippen LogP contribution < -0.4 is 5.56 Å². The van der Waals surface area contributed by atoms with Gasteiger partial charge >= 0.3 is 0 Å². The van der Waals surface area contributed by atoms with Gasteiger partial charge in [-0.1, -0.05) is 31.0 Å². The summed E-state index contributed by atoms with van der Waals surface area (Å²) in [5, 5.41) is 16.2. The molecular weight excluding hydrogens is 318 g/mol. The third-order valence-corrected chi connectivity index (χ3v) is 5.83. The minimum Gasteiger partial charge on any atom is -0.389 e. The monoisotopic (exact) mass is 341 g/mol. The molecule has 2 atom stereocenters. The van der Waals surface area contributed by atoms with Crippen molar-refractivity contribution in [3.8, 4) is 0 Å². The summed E-state index contributed by atoms with van der Waals surface area (Å²) < 4.78 is 1.24. The lowest BCUT2D eigenvalue weighted by Gasteiger charge is -2.47. The van der Waals surface area contributed by atoms with Crippen LogP contribution in [0.3, 0.4) is 0 Å². The van der Waals surface area contributed by atoms with E-state index in [-0.39, 0.29) is 23.9 Å². The highest BCUT2D eigenvalue weighted by Crippen LogP contribution is 2.39. The molecule has 2 aromatic rings. The third kappa shape index (κ3) is 2.95. The molecule has 2 heterocycles. The smallest absolute Gasteiger partial charge is 0.275 e. The second-order valence-electron chi connectivity index (χ2n) is 7.33. The summed E-state index contributed by atoms with van der Waals surface area (Å²) in [4.78, 5) is 27.0.